The molecule has 6 heteroatoms. The second-order valence-electron chi connectivity index (χ2n) is 4.94. The van der Waals surface area contributed by atoms with Crippen LogP contribution in [-0.4, -0.2) is 11.1 Å². The number of carbonyl (C=O) groups is 1. The number of benzene rings is 2. The van der Waals surface area contributed by atoms with Crippen LogP contribution in [0.25, 0.3) is 22.3 Å². The molecule has 1 heterocycles. The number of carboxylic acids is 1. The van der Waals surface area contributed by atoms with Crippen LogP contribution in [0, 0.1) is 11.6 Å². The molecule has 0 aliphatic heterocycles. The van der Waals surface area contributed by atoms with E-state index in [1.54, 1.807) is 6.07 Å². The number of carboxylic acid groups (broad SMARTS) is 1. The van der Waals surface area contributed by atoms with Crippen molar-refractivity contribution in [1.82, 2.24) is 0 Å². The molecule has 4 nitrogen and oxygen atoms in total. The van der Waals surface area contributed by atoms with E-state index < -0.39 is 23.0 Å². The molecule has 1 N–H and O–H groups in total. The Bertz CT molecular complexity index is 976. The Morgan fingerprint density at radius 3 is 2.61 bits per heavy atom. The summed E-state index contributed by atoms with van der Waals surface area (Å²) in [4.78, 5) is 23.1. The molecule has 2 aromatic carbocycles. The van der Waals surface area contributed by atoms with Crippen molar-refractivity contribution in [2.75, 3.05) is 0 Å². The largest absolute Gasteiger partial charge is 0.481 e. The molecule has 116 valence electrons. The van der Waals surface area contributed by atoms with Gasteiger partial charge in [-0.1, -0.05) is 18.2 Å². The minimum Gasteiger partial charge on any atom is -0.481 e. The summed E-state index contributed by atoms with van der Waals surface area (Å²) in [5.41, 5.74) is -0.321. The molecule has 3 rings (SSSR count). The molecule has 0 bridgehead atoms. The Balaban J connectivity index is 2.30. The normalized spacial score (nSPS) is 10.9. The first-order valence-corrected chi connectivity index (χ1v) is 6.69. The van der Waals surface area contributed by atoms with E-state index in [2.05, 4.69) is 0 Å². The van der Waals surface area contributed by atoms with Crippen molar-refractivity contribution < 1.29 is 23.1 Å². The third-order valence-corrected chi connectivity index (χ3v) is 3.39. The lowest BCUT2D eigenvalue weighted by Crippen LogP contribution is -2.05. The van der Waals surface area contributed by atoms with Crippen LogP contribution in [0.4, 0.5) is 8.78 Å². The first kappa shape index (κ1) is 14.9. The van der Waals surface area contributed by atoms with Gasteiger partial charge in [0, 0.05) is 11.6 Å². The highest BCUT2D eigenvalue weighted by atomic mass is 19.2. The van der Waals surface area contributed by atoms with Crippen molar-refractivity contribution in [2.24, 2.45) is 0 Å². The lowest BCUT2D eigenvalue weighted by atomic mass is 10.1. The van der Waals surface area contributed by atoms with Gasteiger partial charge >= 0.3 is 5.97 Å². The molecule has 0 radical (unpaired) electrons. The highest BCUT2D eigenvalue weighted by molar-refractivity contribution is 5.85. The van der Waals surface area contributed by atoms with Crippen molar-refractivity contribution in [3.63, 3.8) is 0 Å². The molecule has 0 amide bonds. The van der Waals surface area contributed by atoms with Crippen LogP contribution in [0.2, 0.25) is 0 Å². The van der Waals surface area contributed by atoms with E-state index in [0.717, 1.165) is 12.1 Å². The summed E-state index contributed by atoms with van der Waals surface area (Å²) in [6, 6.07) is 9.12. The van der Waals surface area contributed by atoms with Crippen LogP contribution in [-0.2, 0) is 11.2 Å². The maximum Gasteiger partial charge on any atom is 0.307 e. The zero-order chi connectivity index (χ0) is 16.6. The van der Waals surface area contributed by atoms with Gasteiger partial charge in [0.15, 0.2) is 17.1 Å². The zero-order valence-electron chi connectivity index (χ0n) is 11.7. The SMILES string of the molecule is O=C(O)Cc1cccc2c(=O)cc(-c3cccc(F)c3F)oc12. The fourth-order valence-electron chi connectivity index (χ4n) is 2.36. The molecular formula is C17H10F2O4. The first-order valence-electron chi connectivity index (χ1n) is 6.69. The minimum absolute atomic E-state index is 0.0565. The summed E-state index contributed by atoms with van der Waals surface area (Å²) < 4.78 is 32.8. The summed E-state index contributed by atoms with van der Waals surface area (Å²) in [5.74, 6) is -3.45. The lowest BCUT2D eigenvalue weighted by Gasteiger charge is -2.07. The van der Waals surface area contributed by atoms with Gasteiger partial charge < -0.3 is 9.52 Å². The van der Waals surface area contributed by atoms with Crippen molar-refractivity contribution in [1.29, 1.82) is 0 Å². The molecule has 0 aliphatic carbocycles. The number of hydrogen-bond acceptors (Lipinski definition) is 3. The summed E-state index contributed by atoms with van der Waals surface area (Å²) in [7, 11) is 0. The van der Waals surface area contributed by atoms with Crippen LogP contribution < -0.4 is 5.43 Å². The van der Waals surface area contributed by atoms with Gasteiger partial charge in [-0.3, -0.25) is 9.59 Å². The van der Waals surface area contributed by atoms with Crippen LogP contribution in [0.15, 0.2) is 51.7 Å². The number of rotatable bonds is 3. The van der Waals surface area contributed by atoms with E-state index in [1.165, 1.54) is 24.3 Å². The average molecular weight is 316 g/mol. The molecule has 23 heavy (non-hydrogen) atoms. The quantitative estimate of drug-likeness (QED) is 0.804. The van der Waals surface area contributed by atoms with Gasteiger partial charge in [-0.05, 0) is 18.2 Å². The van der Waals surface area contributed by atoms with Gasteiger partial charge in [0.05, 0.1) is 17.4 Å². The second-order valence-corrected chi connectivity index (χ2v) is 4.94. The maximum absolute atomic E-state index is 13.9. The predicted octanol–water partition coefficient (Wildman–Crippen LogP) is 3.37. The van der Waals surface area contributed by atoms with E-state index in [1.807, 2.05) is 0 Å². The fraction of sp³-hybridized carbons (Fsp3) is 0.0588. The van der Waals surface area contributed by atoms with Crippen molar-refractivity contribution in [3.8, 4) is 11.3 Å². The molecule has 0 fully saturated rings. The van der Waals surface area contributed by atoms with Crippen molar-refractivity contribution >= 4 is 16.9 Å². The molecule has 0 saturated heterocycles. The monoisotopic (exact) mass is 316 g/mol. The van der Waals surface area contributed by atoms with E-state index in [-0.39, 0.29) is 34.3 Å². The number of fused-ring (bicyclic) bond motifs is 1. The number of para-hydroxylation sites is 1. The Hall–Kier alpha value is -3.02. The van der Waals surface area contributed by atoms with Crippen LogP contribution in [0.1, 0.15) is 5.56 Å². The number of halogens is 2. The molecular weight excluding hydrogens is 306 g/mol. The first-order chi connectivity index (χ1) is 11.0. The van der Waals surface area contributed by atoms with E-state index >= 15 is 0 Å². The summed E-state index contributed by atoms with van der Waals surface area (Å²) in [6.45, 7) is 0. The van der Waals surface area contributed by atoms with Crippen LogP contribution in [0.5, 0.6) is 0 Å². The van der Waals surface area contributed by atoms with Crippen molar-refractivity contribution in [2.45, 2.75) is 6.42 Å². The van der Waals surface area contributed by atoms with Gasteiger partial charge in [-0.15, -0.1) is 0 Å². The second kappa shape index (κ2) is 5.64. The van der Waals surface area contributed by atoms with Crippen LogP contribution >= 0.6 is 0 Å². The maximum atomic E-state index is 13.9. The van der Waals surface area contributed by atoms with Crippen molar-refractivity contribution in [3.05, 3.63) is 69.9 Å². The highest BCUT2D eigenvalue weighted by Gasteiger charge is 2.16. The smallest absolute Gasteiger partial charge is 0.307 e. The lowest BCUT2D eigenvalue weighted by molar-refractivity contribution is -0.136. The Morgan fingerprint density at radius 1 is 1.13 bits per heavy atom. The minimum atomic E-state index is -1.13. The molecule has 0 aliphatic rings. The fourth-order valence-corrected chi connectivity index (χ4v) is 2.36. The summed E-state index contributed by atoms with van der Waals surface area (Å²) in [6.07, 6.45) is -0.352. The molecule has 0 saturated carbocycles. The topological polar surface area (TPSA) is 67.5 Å². The van der Waals surface area contributed by atoms with Gasteiger partial charge in [0.2, 0.25) is 0 Å². The summed E-state index contributed by atoms with van der Waals surface area (Å²) in [5, 5.41) is 9.12. The molecule has 3 aromatic rings. The van der Waals surface area contributed by atoms with Gasteiger partial charge in [-0.2, -0.15) is 0 Å². The molecule has 0 spiro atoms. The predicted molar refractivity (Wildman–Crippen MR) is 79.2 cm³/mol. The zero-order valence-corrected chi connectivity index (χ0v) is 11.7. The van der Waals surface area contributed by atoms with E-state index in [9.17, 15) is 18.4 Å². The number of hydrogen-bond donors (Lipinski definition) is 1. The van der Waals surface area contributed by atoms with Crippen LogP contribution in [0.3, 0.4) is 0 Å². The Morgan fingerprint density at radius 2 is 1.87 bits per heavy atom. The van der Waals surface area contributed by atoms with Gasteiger partial charge in [0.25, 0.3) is 0 Å². The Labute approximate surface area is 128 Å². The average Bonchev–Trinajstić information content (AvgIpc) is 2.50. The van der Waals surface area contributed by atoms with Gasteiger partial charge in [0.1, 0.15) is 11.3 Å². The van der Waals surface area contributed by atoms with E-state index in [0.29, 0.717) is 0 Å². The number of aliphatic carboxylic acids is 1. The molecule has 0 atom stereocenters. The van der Waals surface area contributed by atoms with E-state index in [4.69, 9.17) is 9.52 Å². The summed E-state index contributed by atoms with van der Waals surface area (Å²) >= 11 is 0. The molecule has 0 unspecified atom stereocenters. The highest BCUT2D eigenvalue weighted by Crippen LogP contribution is 2.27. The third kappa shape index (κ3) is 2.70. The third-order valence-electron chi connectivity index (χ3n) is 3.39. The van der Waals surface area contributed by atoms with Gasteiger partial charge in [-0.25, -0.2) is 8.78 Å². The Kier molecular flexibility index (Phi) is 3.65. The standard InChI is InChI=1S/C17H10F2O4/c18-12-6-2-5-11(16(12)19)14-8-13(20)10-4-1-3-9(7-15(21)22)17(10)23-14/h1-6,8H,7H2,(H,21,22). The molecule has 1 aromatic heterocycles.